The Morgan fingerprint density at radius 2 is 1.61 bits per heavy atom. The SMILES string of the molecule is O=C(O)c1ccc(Cc2c(C3CCOCC3)n(C3CCC(F)(F)CC3)c3cccc(OCc4ccccc4)c23)cc1. The highest BCUT2D eigenvalue weighted by Crippen LogP contribution is 2.47. The lowest BCUT2D eigenvalue weighted by Crippen LogP contribution is -2.28. The van der Waals surface area contributed by atoms with Gasteiger partial charge in [-0.25, -0.2) is 13.6 Å². The molecule has 6 rings (SSSR count). The predicted molar refractivity (Wildman–Crippen MR) is 154 cm³/mol. The second-order valence-corrected chi connectivity index (χ2v) is 11.3. The van der Waals surface area contributed by atoms with Gasteiger partial charge in [0.25, 0.3) is 0 Å². The van der Waals surface area contributed by atoms with Crippen LogP contribution in [0.5, 0.6) is 5.75 Å². The molecule has 1 aliphatic carbocycles. The first-order valence-electron chi connectivity index (χ1n) is 14.5. The quantitative estimate of drug-likeness (QED) is 0.237. The zero-order valence-corrected chi connectivity index (χ0v) is 23.0. The molecule has 3 aromatic carbocycles. The van der Waals surface area contributed by atoms with Gasteiger partial charge in [0.05, 0.1) is 11.1 Å². The number of carbonyl (C=O) groups is 1. The van der Waals surface area contributed by atoms with Gasteiger partial charge in [0.1, 0.15) is 12.4 Å². The van der Waals surface area contributed by atoms with Crippen LogP contribution in [-0.2, 0) is 17.8 Å². The van der Waals surface area contributed by atoms with Gasteiger partial charge < -0.3 is 19.1 Å². The van der Waals surface area contributed by atoms with E-state index < -0.39 is 11.9 Å². The minimum atomic E-state index is -2.61. The van der Waals surface area contributed by atoms with Crippen molar-refractivity contribution >= 4 is 16.9 Å². The topological polar surface area (TPSA) is 60.7 Å². The summed E-state index contributed by atoms with van der Waals surface area (Å²) in [4.78, 5) is 11.5. The maximum atomic E-state index is 14.3. The van der Waals surface area contributed by atoms with Gasteiger partial charge in [-0.05, 0) is 73.1 Å². The molecular formula is C34H35F2NO4. The van der Waals surface area contributed by atoms with Crippen LogP contribution in [0.15, 0.2) is 72.8 Å². The largest absolute Gasteiger partial charge is 0.488 e. The second kappa shape index (κ2) is 11.6. The van der Waals surface area contributed by atoms with Crippen LogP contribution < -0.4 is 4.74 Å². The fourth-order valence-electron chi connectivity index (χ4n) is 6.52. The maximum Gasteiger partial charge on any atom is 0.335 e. The van der Waals surface area contributed by atoms with E-state index in [1.165, 1.54) is 5.69 Å². The summed E-state index contributed by atoms with van der Waals surface area (Å²) in [5.74, 6) is -2.57. The van der Waals surface area contributed by atoms with Crippen molar-refractivity contribution in [3.05, 3.63) is 101 Å². The number of nitrogens with zero attached hydrogens (tertiary/aromatic N) is 1. The van der Waals surface area contributed by atoms with Crippen LogP contribution in [-0.4, -0.2) is 34.8 Å². The van der Waals surface area contributed by atoms with E-state index in [1.807, 2.05) is 54.6 Å². The lowest BCUT2D eigenvalue weighted by Gasteiger charge is -2.33. The Morgan fingerprint density at radius 1 is 0.902 bits per heavy atom. The maximum absolute atomic E-state index is 14.3. The molecule has 2 aliphatic rings. The Morgan fingerprint density at radius 3 is 2.29 bits per heavy atom. The fraction of sp³-hybridized carbons (Fsp3) is 0.382. The van der Waals surface area contributed by atoms with Crippen LogP contribution in [0, 0.1) is 0 Å². The summed E-state index contributed by atoms with van der Waals surface area (Å²) in [6.07, 6.45) is 2.95. The van der Waals surface area contributed by atoms with Gasteiger partial charge in [-0.2, -0.15) is 0 Å². The van der Waals surface area contributed by atoms with Gasteiger partial charge in [-0.15, -0.1) is 0 Å². The summed E-state index contributed by atoms with van der Waals surface area (Å²) in [5.41, 5.74) is 5.65. The number of hydrogen-bond acceptors (Lipinski definition) is 3. The third-order valence-corrected chi connectivity index (χ3v) is 8.61. The molecule has 1 aromatic heterocycles. The molecule has 0 bridgehead atoms. The van der Waals surface area contributed by atoms with E-state index >= 15 is 0 Å². The molecule has 7 heteroatoms. The molecule has 5 nitrogen and oxygen atoms in total. The number of benzene rings is 3. The predicted octanol–water partition coefficient (Wildman–Crippen LogP) is 8.15. The third kappa shape index (κ3) is 5.87. The molecule has 0 spiro atoms. The molecule has 214 valence electrons. The standard InChI is InChI=1S/C34H35F2NO4/c35-34(36)17-13-27(14-18-34)37-29-7-4-8-30(41-22-24-5-2-1-3-6-24)31(29)28(32(37)25-15-19-40-20-16-25)21-23-9-11-26(12-10-23)33(38)39/h1-12,25,27H,13-22H2,(H,38,39). The third-order valence-electron chi connectivity index (χ3n) is 8.61. The zero-order valence-electron chi connectivity index (χ0n) is 23.0. The Kier molecular flexibility index (Phi) is 7.80. The lowest BCUT2D eigenvalue weighted by atomic mass is 9.88. The van der Waals surface area contributed by atoms with Crippen molar-refractivity contribution in [2.75, 3.05) is 13.2 Å². The number of carboxylic acid groups (broad SMARTS) is 1. The minimum Gasteiger partial charge on any atom is -0.488 e. The number of aromatic carboxylic acids is 1. The Labute approximate surface area is 238 Å². The summed E-state index contributed by atoms with van der Waals surface area (Å²) >= 11 is 0. The number of fused-ring (bicyclic) bond motifs is 1. The highest BCUT2D eigenvalue weighted by molar-refractivity contribution is 5.92. The van der Waals surface area contributed by atoms with Gasteiger partial charge in [-0.1, -0.05) is 48.5 Å². The zero-order chi connectivity index (χ0) is 28.4. The summed E-state index contributed by atoms with van der Waals surface area (Å²) in [5, 5.41) is 10.4. The van der Waals surface area contributed by atoms with E-state index in [0.717, 1.165) is 46.2 Å². The molecule has 1 saturated heterocycles. The van der Waals surface area contributed by atoms with Crippen LogP contribution in [0.4, 0.5) is 8.78 Å². The second-order valence-electron chi connectivity index (χ2n) is 11.3. The molecule has 0 radical (unpaired) electrons. The van der Waals surface area contributed by atoms with Crippen molar-refractivity contribution in [1.82, 2.24) is 4.57 Å². The van der Waals surface area contributed by atoms with Crippen molar-refractivity contribution in [1.29, 1.82) is 0 Å². The van der Waals surface area contributed by atoms with E-state index in [1.54, 1.807) is 12.1 Å². The molecule has 1 N–H and O–H groups in total. The normalized spacial score (nSPS) is 18.0. The molecule has 2 heterocycles. The number of rotatable bonds is 8. The number of ether oxygens (including phenoxy) is 2. The van der Waals surface area contributed by atoms with Crippen LogP contribution in [0.25, 0.3) is 10.9 Å². The number of aromatic nitrogens is 1. The molecule has 2 fully saturated rings. The first-order chi connectivity index (χ1) is 19.9. The lowest BCUT2D eigenvalue weighted by molar-refractivity contribution is -0.0439. The molecule has 1 aliphatic heterocycles. The summed E-state index contributed by atoms with van der Waals surface area (Å²) in [7, 11) is 0. The summed E-state index contributed by atoms with van der Waals surface area (Å²) < 4.78 is 43.1. The van der Waals surface area contributed by atoms with E-state index in [0.29, 0.717) is 39.1 Å². The van der Waals surface area contributed by atoms with Gasteiger partial charge in [0.15, 0.2) is 0 Å². The molecule has 1 saturated carbocycles. The first kappa shape index (κ1) is 27.5. The van der Waals surface area contributed by atoms with Gasteiger partial charge >= 0.3 is 5.97 Å². The number of alkyl halides is 2. The Balaban J connectivity index is 1.50. The number of hydrogen-bond donors (Lipinski definition) is 1. The van der Waals surface area contributed by atoms with Gasteiger partial charge in [0.2, 0.25) is 5.92 Å². The highest BCUT2D eigenvalue weighted by atomic mass is 19.3. The van der Waals surface area contributed by atoms with E-state index in [9.17, 15) is 18.7 Å². The molecular weight excluding hydrogens is 524 g/mol. The monoisotopic (exact) mass is 559 g/mol. The van der Waals surface area contributed by atoms with Crippen molar-refractivity contribution in [3.8, 4) is 5.75 Å². The van der Waals surface area contributed by atoms with Crippen LogP contribution in [0.2, 0.25) is 0 Å². The highest BCUT2D eigenvalue weighted by Gasteiger charge is 2.38. The average Bonchev–Trinajstić information content (AvgIpc) is 3.31. The minimum absolute atomic E-state index is 0.0255. The molecule has 0 amide bonds. The van der Waals surface area contributed by atoms with E-state index in [-0.39, 0.29) is 30.4 Å². The smallest absolute Gasteiger partial charge is 0.335 e. The van der Waals surface area contributed by atoms with Crippen LogP contribution in [0.3, 0.4) is 0 Å². The van der Waals surface area contributed by atoms with Crippen molar-refractivity contribution in [2.24, 2.45) is 0 Å². The van der Waals surface area contributed by atoms with E-state index in [2.05, 4.69) is 10.6 Å². The van der Waals surface area contributed by atoms with Crippen LogP contribution >= 0.6 is 0 Å². The van der Waals surface area contributed by atoms with Crippen molar-refractivity contribution < 1.29 is 28.2 Å². The molecule has 4 aromatic rings. The molecule has 0 unspecified atom stereocenters. The first-order valence-corrected chi connectivity index (χ1v) is 14.5. The van der Waals surface area contributed by atoms with E-state index in [4.69, 9.17) is 9.47 Å². The number of carboxylic acids is 1. The molecule has 41 heavy (non-hydrogen) atoms. The van der Waals surface area contributed by atoms with Crippen LogP contribution in [0.1, 0.15) is 83.2 Å². The Bertz CT molecular complexity index is 1500. The molecule has 0 atom stereocenters. The fourth-order valence-corrected chi connectivity index (χ4v) is 6.52. The van der Waals surface area contributed by atoms with Crippen molar-refractivity contribution in [3.63, 3.8) is 0 Å². The average molecular weight is 560 g/mol. The Hall–Kier alpha value is -3.71. The number of halogens is 2. The van der Waals surface area contributed by atoms with Gasteiger partial charge in [0, 0.05) is 49.1 Å². The summed E-state index contributed by atoms with van der Waals surface area (Å²) in [6, 6.07) is 23.1. The van der Waals surface area contributed by atoms with Gasteiger partial charge in [-0.3, -0.25) is 0 Å². The van der Waals surface area contributed by atoms with Crippen molar-refractivity contribution in [2.45, 2.75) is 69.4 Å². The summed E-state index contributed by atoms with van der Waals surface area (Å²) in [6.45, 7) is 1.75.